The number of benzene rings is 2. The van der Waals surface area contributed by atoms with Gasteiger partial charge in [0.25, 0.3) is 0 Å². The summed E-state index contributed by atoms with van der Waals surface area (Å²) < 4.78 is 6.18. The van der Waals surface area contributed by atoms with Crippen molar-refractivity contribution in [2.45, 2.75) is 64.4 Å². The van der Waals surface area contributed by atoms with Crippen LogP contribution in [0, 0.1) is 11.3 Å². The quantitative estimate of drug-likeness (QED) is 0.456. The molecule has 2 aliphatic heterocycles. The molecule has 178 valence electrons. The predicted octanol–water partition coefficient (Wildman–Crippen LogP) is 6.39. The van der Waals surface area contributed by atoms with Crippen LogP contribution >= 0.6 is 15.9 Å². The number of rotatable bonds is 2. The van der Waals surface area contributed by atoms with Gasteiger partial charge in [-0.1, -0.05) is 18.2 Å². The highest BCUT2D eigenvalue weighted by molar-refractivity contribution is 9.10. The van der Waals surface area contributed by atoms with Crippen LogP contribution in [-0.2, 0) is 14.9 Å². The molecule has 6 nitrogen and oxygen atoms in total. The van der Waals surface area contributed by atoms with Crippen molar-refractivity contribution >= 4 is 39.3 Å². The smallest absolute Gasteiger partial charge is 0.410 e. The highest BCUT2D eigenvalue weighted by atomic mass is 79.9. The van der Waals surface area contributed by atoms with E-state index in [1.807, 2.05) is 52.8 Å². The van der Waals surface area contributed by atoms with E-state index in [9.17, 15) is 14.9 Å². The molecule has 0 aliphatic carbocycles. The van der Waals surface area contributed by atoms with Gasteiger partial charge in [-0.05, 0) is 98.6 Å². The second-order valence-electron chi connectivity index (χ2n) is 10.5. The van der Waals surface area contributed by atoms with Crippen LogP contribution in [0.25, 0.3) is 0 Å². The van der Waals surface area contributed by atoms with Crippen LogP contribution in [0.1, 0.15) is 70.1 Å². The maximum Gasteiger partial charge on any atom is 0.410 e. The van der Waals surface area contributed by atoms with Gasteiger partial charge in [0.1, 0.15) is 11.7 Å². The fourth-order valence-corrected chi connectivity index (χ4v) is 5.22. The van der Waals surface area contributed by atoms with E-state index in [2.05, 4.69) is 34.1 Å². The normalized spacial score (nSPS) is 18.0. The van der Waals surface area contributed by atoms with Crippen LogP contribution in [0.5, 0.6) is 0 Å². The summed E-state index contributed by atoms with van der Waals surface area (Å²) in [5, 5.41) is 9.71. The highest BCUT2D eigenvalue weighted by Gasteiger charge is 2.45. The maximum atomic E-state index is 13.5. The van der Waals surface area contributed by atoms with Crippen LogP contribution in [0.4, 0.5) is 16.2 Å². The van der Waals surface area contributed by atoms with Crippen molar-refractivity contribution in [3.05, 3.63) is 57.6 Å². The Morgan fingerprint density at radius 2 is 1.82 bits per heavy atom. The van der Waals surface area contributed by atoms with E-state index in [1.54, 1.807) is 15.9 Å². The van der Waals surface area contributed by atoms with Gasteiger partial charge < -0.3 is 9.64 Å². The monoisotopic (exact) mass is 523 g/mol. The Labute approximate surface area is 209 Å². The van der Waals surface area contributed by atoms with Gasteiger partial charge in [0.05, 0.1) is 22.4 Å². The topological polar surface area (TPSA) is 73.6 Å². The van der Waals surface area contributed by atoms with Crippen LogP contribution < -0.4 is 4.90 Å². The van der Waals surface area contributed by atoms with Crippen molar-refractivity contribution in [1.29, 1.82) is 5.26 Å². The third-order valence-corrected chi connectivity index (χ3v) is 7.30. The number of amides is 2. The van der Waals surface area contributed by atoms with Gasteiger partial charge in [-0.3, -0.25) is 9.69 Å². The first-order chi connectivity index (χ1) is 15.9. The van der Waals surface area contributed by atoms with E-state index in [-0.39, 0.29) is 12.0 Å². The number of nitriles is 1. The minimum Gasteiger partial charge on any atom is -0.444 e. The zero-order chi connectivity index (χ0) is 24.8. The average Bonchev–Trinajstić information content (AvgIpc) is 2.97. The lowest BCUT2D eigenvalue weighted by Gasteiger charge is -2.34. The fourth-order valence-electron chi connectivity index (χ4n) is 4.78. The van der Waals surface area contributed by atoms with Gasteiger partial charge >= 0.3 is 6.09 Å². The Bertz CT molecular complexity index is 1180. The van der Waals surface area contributed by atoms with Crippen molar-refractivity contribution < 1.29 is 14.3 Å². The van der Waals surface area contributed by atoms with Crippen molar-refractivity contribution in [2.75, 3.05) is 18.0 Å². The largest absolute Gasteiger partial charge is 0.444 e. The van der Waals surface area contributed by atoms with E-state index in [4.69, 9.17) is 4.74 Å². The van der Waals surface area contributed by atoms with Gasteiger partial charge in [0, 0.05) is 17.6 Å². The number of nitrogens with zero attached hydrogens (tertiary/aromatic N) is 3. The van der Waals surface area contributed by atoms with E-state index >= 15 is 0 Å². The van der Waals surface area contributed by atoms with E-state index in [0.717, 1.165) is 24.1 Å². The van der Waals surface area contributed by atoms with E-state index in [1.165, 1.54) is 5.56 Å². The Morgan fingerprint density at radius 1 is 1.15 bits per heavy atom. The van der Waals surface area contributed by atoms with Gasteiger partial charge in [0.2, 0.25) is 5.91 Å². The number of piperidine rings is 1. The zero-order valence-corrected chi connectivity index (χ0v) is 21.9. The average molecular weight is 524 g/mol. The standard InChI is InChI=1S/C27H30BrN3O3/c1-26(2,3)34-25(33)30-13-11-17(12-14-30)18-9-10-23-20(15-18)27(4,5)24(32)31(23)22-8-6-7-21(28)19(22)16-29/h6-10,15,17H,11-14H2,1-5H3. The number of hydrogen-bond donors (Lipinski definition) is 0. The molecule has 0 atom stereocenters. The van der Waals surface area contributed by atoms with Crippen molar-refractivity contribution in [2.24, 2.45) is 0 Å². The summed E-state index contributed by atoms with van der Waals surface area (Å²) in [6.45, 7) is 10.8. The molecule has 2 aromatic carbocycles. The highest BCUT2D eigenvalue weighted by Crippen LogP contribution is 2.48. The molecule has 2 amide bonds. The maximum absolute atomic E-state index is 13.5. The Hall–Kier alpha value is -2.85. The van der Waals surface area contributed by atoms with Crippen LogP contribution in [-0.4, -0.2) is 35.6 Å². The van der Waals surface area contributed by atoms with E-state index in [0.29, 0.717) is 34.7 Å². The molecule has 1 fully saturated rings. The van der Waals surface area contributed by atoms with Gasteiger partial charge in [-0.15, -0.1) is 0 Å². The summed E-state index contributed by atoms with van der Waals surface area (Å²) in [6.07, 6.45) is 1.44. The first-order valence-corrected chi connectivity index (χ1v) is 12.4. The van der Waals surface area contributed by atoms with Gasteiger partial charge in [0.15, 0.2) is 0 Å². The number of carbonyl (C=O) groups is 2. The molecule has 0 N–H and O–H groups in total. The molecule has 2 aliphatic rings. The number of ether oxygens (including phenoxy) is 1. The lowest BCUT2D eigenvalue weighted by atomic mass is 9.82. The minimum absolute atomic E-state index is 0.0472. The summed E-state index contributed by atoms with van der Waals surface area (Å²) in [7, 11) is 0. The molecule has 2 heterocycles. The molecule has 1 saturated heterocycles. The van der Waals surface area contributed by atoms with Crippen molar-refractivity contribution in [3.8, 4) is 6.07 Å². The molecule has 0 bridgehead atoms. The Kier molecular flexibility index (Phi) is 6.24. The van der Waals surface area contributed by atoms with Crippen LogP contribution in [0.2, 0.25) is 0 Å². The Morgan fingerprint density at radius 3 is 2.44 bits per heavy atom. The summed E-state index contributed by atoms with van der Waals surface area (Å²) in [5.74, 6) is 0.262. The SMILES string of the molecule is CC(C)(C)OC(=O)N1CCC(c2ccc3c(c2)C(C)(C)C(=O)N3c2cccc(Br)c2C#N)CC1. The molecule has 0 aromatic heterocycles. The lowest BCUT2D eigenvalue weighted by Crippen LogP contribution is -2.41. The zero-order valence-electron chi connectivity index (χ0n) is 20.3. The number of hydrogen-bond acceptors (Lipinski definition) is 4. The second kappa shape index (κ2) is 8.74. The lowest BCUT2D eigenvalue weighted by molar-refractivity contribution is -0.121. The van der Waals surface area contributed by atoms with Crippen LogP contribution in [0.15, 0.2) is 40.9 Å². The Balaban J connectivity index is 1.60. The second-order valence-corrected chi connectivity index (χ2v) is 11.4. The summed E-state index contributed by atoms with van der Waals surface area (Å²) in [6, 6.07) is 13.9. The number of likely N-dealkylation sites (tertiary alicyclic amines) is 1. The molecule has 0 radical (unpaired) electrons. The van der Waals surface area contributed by atoms with Crippen LogP contribution in [0.3, 0.4) is 0 Å². The summed E-state index contributed by atoms with van der Waals surface area (Å²) in [5.41, 5.74) is 2.79. The first-order valence-electron chi connectivity index (χ1n) is 11.6. The molecular weight excluding hydrogens is 494 g/mol. The summed E-state index contributed by atoms with van der Waals surface area (Å²) in [4.78, 5) is 29.4. The molecular formula is C27H30BrN3O3. The third-order valence-electron chi connectivity index (χ3n) is 6.63. The number of carbonyl (C=O) groups excluding carboxylic acids is 2. The number of halogens is 1. The van der Waals surface area contributed by atoms with E-state index < -0.39 is 11.0 Å². The number of fused-ring (bicyclic) bond motifs is 1. The molecule has 2 aromatic rings. The molecule has 4 rings (SSSR count). The predicted molar refractivity (Wildman–Crippen MR) is 135 cm³/mol. The molecule has 0 saturated carbocycles. The third kappa shape index (κ3) is 4.32. The van der Waals surface area contributed by atoms with Gasteiger partial charge in [-0.25, -0.2) is 4.79 Å². The van der Waals surface area contributed by atoms with Gasteiger partial charge in [-0.2, -0.15) is 5.26 Å². The number of anilines is 2. The molecule has 0 spiro atoms. The minimum atomic E-state index is -0.711. The summed E-state index contributed by atoms with van der Waals surface area (Å²) >= 11 is 3.44. The van der Waals surface area contributed by atoms with Crippen molar-refractivity contribution in [3.63, 3.8) is 0 Å². The molecule has 0 unspecified atom stereocenters. The van der Waals surface area contributed by atoms with Crippen molar-refractivity contribution in [1.82, 2.24) is 4.90 Å². The fraction of sp³-hybridized carbons (Fsp3) is 0.444. The first kappa shape index (κ1) is 24.3. The molecule has 34 heavy (non-hydrogen) atoms. The molecule has 7 heteroatoms.